The first-order valence-corrected chi connectivity index (χ1v) is 8.35. The number of hydrogen-bond acceptors (Lipinski definition) is 8. The van der Waals surface area contributed by atoms with Gasteiger partial charge in [-0.3, -0.25) is 15.5 Å². The van der Waals surface area contributed by atoms with Gasteiger partial charge in [-0.1, -0.05) is 42.4 Å². The van der Waals surface area contributed by atoms with E-state index < -0.39 is 4.92 Å². The third-order valence-corrected chi connectivity index (χ3v) is 3.58. The van der Waals surface area contributed by atoms with Crippen molar-refractivity contribution in [2.75, 3.05) is 0 Å². The van der Waals surface area contributed by atoms with Gasteiger partial charge in [0, 0.05) is 29.7 Å². The molecule has 2 rings (SSSR count). The molecule has 0 unspecified atom stereocenters. The van der Waals surface area contributed by atoms with Crippen LogP contribution in [0.25, 0.3) is 0 Å². The van der Waals surface area contributed by atoms with Gasteiger partial charge in [-0.25, -0.2) is 0 Å². The second kappa shape index (κ2) is 9.72. The van der Waals surface area contributed by atoms with Crippen molar-refractivity contribution in [3.63, 3.8) is 0 Å². The molecule has 0 fully saturated rings. The summed E-state index contributed by atoms with van der Waals surface area (Å²) in [5.74, 6) is -0.146. The van der Waals surface area contributed by atoms with E-state index in [0.29, 0.717) is 17.8 Å². The number of rotatable bonds is 7. The maximum absolute atomic E-state index is 10.9. The van der Waals surface area contributed by atoms with E-state index in [2.05, 4.69) is 15.4 Å². The number of nitrogens with one attached hydrogen (secondary N) is 1. The van der Waals surface area contributed by atoms with Gasteiger partial charge in [-0.2, -0.15) is 5.10 Å². The summed E-state index contributed by atoms with van der Waals surface area (Å²) in [6.45, 7) is 3.43. The molecule has 0 aromatic heterocycles. The number of non-ortho nitro benzene ring substituents is 1. The van der Waals surface area contributed by atoms with E-state index in [0.717, 1.165) is 5.56 Å². The van der Waals surface area contributed by atoms with Crippen molar-refractivity contribution in [3.8, 4) is 5.75 Å². The molecule has 2 N–H and O–H groups in total. The number of oxime groups is 1. The summed E-state index contributed by atoms with van der Waals surface area (Å²) in [6.07, 6.45) is 1.62. The predicted molar refractivity (Wildman–Crippen MR) is 108 cm³/mol. The number of aromatic hydroxyl groups is 1. The van der Waals surface area contributed by atoms with Crippen LogP contribution in [0.3, 0.4) is 0 Å². The van der Waals surface area contributed by atoms with Crippen molar-refractivity contribution in [2.24, 2.45) is 15.4 Å². The van der Waals surface area contributed by atoms with Gasteiger partial charge in [0.1, 0.15) is 17.2 Å². The maximum atomic E-state index is 10.9. The Kier molecular flexibility index (Phi) is 7.09. The zero-order chi connectivity index (χ0) is 20.5. The molecule has 0 aliphatic heterocycles. The van der Waals surface area contributed by atoms with Gasteiger partial charge in [0.15, 0.2) is 0 Å². The van der Waals surface area contributed by atoms with E-state index in [1.54, 1.807) is 13.8 Å². The van der Waals surface area contributed by atoms with Crippen molar-refractivity contribution >= 4 is 29.2 Å². The van der Waals surface area contributed by atoms with Gasteiger partial charge in [-0.05, 0) is 13.0 Å². The largest absolute Gasteiger partial charge is 0.507 e. The van der Waals surface area contributed by atoms with E-state index in [1.807, 2.05) is 30.3 Å². The highest BCUT2D eigenvalue weighted by Gasteiger charge is 2.10. The molecule has 0 amide bonds. The lowest BCUT2D eigenvalue weighted by atomic mass is 10.1. The number of nitro benzene ring substituents is 1. The fraction of sp³-hybridized carbons (Fsp3) is 0.158. The van der Waals surface area contributed by atoms with Crippen molar-refractivity contribution in [1.82, 2.24) is 0 Å². The molecule has 2 aromatic carbocycles. The van der Waals surface area contributed by atoms with Crippen LogP contribution in [0.2, 0.25) is 0 Å². The first-order chi connectivity index (χ1) is 13.4. The van der Waals surface area contributed by atoms with Gasteiger partial charge in [0.05, 0.1) is 11.1 Å². The average molecular weight is 381 g/mol. The minimum Gasteiger partial charge on any atom is -0.507 e. The second-order valence-corrected chi connectivity index (χ2v) is 5.60. The van der Waals surface area contributed by atoms with Crippen molar-refractivity contribution in [3.05, 3.63) is 69.8 Å². The lowest BCUT2D eigenvalue weighted by Gasteiger charge is -2.05. The molecule has 9 nitrogen and oxygen atoms in total. The van der Waals surface area contributed by atoms with E-state index in [-0.39, 0.29) is 22.9 Å². The van der Waals surface area contributed by atoms with Gasteiger partial charge in [0.2, 0.25) is 5.90 Å². The molecule has 144 valence electrons. The zero-order valence-electron chi connectivity index (χ0n) is 15.4. The predicted octanol–water partition coefficient (Wildman–Crippen LogP) is 3.90. The fourth-order valence-corrected chi connectivity index (χ4v) is 2.07. The normalized spacial score (nSPS) is 12.2. The number of benzene rings is 2. The molecule has 0 aliphatic carbocycles. The molecule has 2 aromatic rings. The molecular weight excluding hydrogens is 362 g/mol. The van der Waals surface area contributed by atoms with Crippen LogP contribution >= 0.6 is 0 Å². The summed E-state index contributed by atoms with van der Waals surface area (Å²) in [4.78, 5) is 15.3. The fourth-order valence-electron chi connectivity index (χ4n) is 2.07. The summed E-state index contributed by atoms with van der Waals surface area (Å²) in [5, 5.41) is 40.2. The minimum atomic E-state index is -0.563. The van der Waals surface area contributed by atoms with E-state index in [4.69, 9.17) is 10.2 Å². The van der Waals surface area contributed by atoms with Crippen LogP contribution in [0.4, 0.5) is 5.69 Å². The highest BCUT2D eigenvalue weighted by Crippen LogP contribution is 2.21. The zero-order valence-corrected chi connectivity index (χ0v) is 15.4. The van der Waals surface area contributed by atoms with E-state index >= 15 is 0 Å². The number of phenolic OH excluding ortho intramolecular Hbond substituents is 1. The van der Waals surface area contributed by atoms with E-state index in [9.17, 15) is 15.2 Å². The molecule has 9 heteroatoms. The maximum Gasteiger partial charge on any atom is 0.270 e. The Hall–Kier alpha value is -3.88. The molecule has 0 saturated carbocycles. The Balaban J connectivity index is 2.37. The van der Waals surface area contributed by atoms with Gasteiger partial charge in [0.25, 0.3) is 5.69 Å². The average Bonchev–Trinajstić information content (AvgIpc) is 2.70. The summed E-state index contributed by atoms with van der Waals surface area (Å²) >= 11 is 0. The molecule has 0 radical (unpaired) electrons. The Morgan fingerprint density at radius 1 is 1.29 bits per heavy atom. The van der Waals surface area contributed by atoms with Gasteiger partial charge >= 0.3 is 0 Å². The smallest absolute Gasteiger partial charge is 0.270 e. The highest BCUT2D eigenvalue weighted by molar-refractivity contribution is 6.47. The quantitative estimate of drug-likeness (QED) is 0.325. The van der Waals surface area contributed by atoms with Crippen LogP contribution in [0.1, 0.15) is 31.4 Å². The molecule has 0 heterocycles. The Labute approximate surface area is 161 Å². The number of nitrogens with zero attached hydrogens (tertiary/aromatic N) is 4. The molecule has 0 spiro atoms. The van der Waals surface area contributed by atoms with Crippen LogP contribution in [0.15, 0.2) is 63.9 Å². The van der Waals surface area contributed by atoms with Crippen LogP contribution in [-0.4, -0.2) is 33.6 Å². The number of nitro groups is 1. The molecule has 0 aliphatic rings. The third-order valence-electron chi connectivity index (χ3n) is 3.58. The summed E-state index contributed by atoms with van der Waals surface area (Å²) in [7, 11) is 0. The van der Waals surface area contributed by atoms with Crippen LogP contribution in [-0.2, 0) is 4.84 Å². The third kappa shape index (κ3) is 5.56. The summed E-state index contributed by atoms with van der Waals surface area (Å²) < 4.78 is 0. The van der Waals surface area contributed by atoms with Gasteiger partial charge < -0.3 is 9.94 Å². The van der Waals surface area contributed by atoms with Crippen LogP contribution in [0.5, 0.6) is 5.75 Å². The van der Waals surface area contributed by atoms with Crippen molar-refractivity contribution < 1.29 is 14.9 Å². The second-order valence-electron chi connectivity index (χ2n) is 5.60. The minimum absolute atomic E-state index is 0.0109. The Morgan fingerprint density at radius 2 is 2.00 bits per heavy atom. The van der Waals surface area contributed by atoms with Crippen molar-refractivity contribution in [1.29, 1.82) is 5.41 Å². The standard InChI is InChI=1S/C19H19N5O4/c1-3-18(20)28-23-13(2)19(14-7-5-4-6-8-14)22-21-12-15-11-16(24(26)27)9-10-17(15)25/h4-12,20,25H,3H2,1-2H3/b20-18?,21-12+,22-19-,23-13+. The lowest BCUT2D eigenvalue weighted by molar-refractivity contribution is -0.384. The van der Waals surface area contributed by atoms with Crippen LogP contribution in [0, 0.1) is 15.5 Å². The first-order valence-electron chi connectivity index (χ1n) is 8.35. The number of hydrogen-bond donors (Lipinski definition) is 2. The Bertz CT molecular complexity index is 952. The van der Waals surface area contributed by atoms with E-state index in [1.165, 1.54) is 24.4 Å². The molecule has 0 saturated heterocycles. The molecule has 0 bridgehead atoms. The topological polar surface area (TPSA) is 134 Å². The number of phenols is 1. The monoisotopic (exact) mass is 381 g/mol. The molecule has 28 heavy (non-hydrogen) atoms. The first kappa shape index (κ1) is 20.4. The lowest BCUT2D eigenvalue weighted by Crippen LogP contribution is -2.13. The van der Waals surface area contributed by atoms with Gasteiger partial charge in [-0.15, -0.1) is 5.10 Å². The van der Waals surface area contributed by atoms with Crippen LogP contribution < -0.4 is 0 Å². The molecular formula is C19H19N5O4. The summed E-state index contributed by atoms with van der Waals surface area (Å²) in [6, 6.07) is 12.7. The SMILES string of the molecule is CCC(=N)O/N=C(C)/C(=N/N=C/c1cc([N+](=O)[O-])ccc1O)c1ccccc1. The molecule has 0 atom stereocenters. The Morgan fingerprint density at radius 3 is 2.64 bits per heavy atom. The van der Waals surface area contributed by atoms with Crippen molar-refractivity contribution in [2.45, 2.75) is 20.3 Å². The highest BCUT2D eigenvalue weighted by atomic mass is 16.6. The summed E-state index contributed by atoms with van der Waals surface area (Å²) in [5.41, 5.74) is 1.49.